The van der Waals surface area contributed by atoms with E-state index in [-0.39, 0.29) is 5.69 Å². The number of ether oxygens (including phenoxy) is 1. The van der Waals surface area contributed by atoms with E-state index in [0.29, 0.717) is 11.1 Å². The maximum Gasteiger partial charge on any atom is 0.431 e. The summed E-state index contributed by atoms with van der Waals surface area (Å²) in [5.74, 6) is -1.09. The molecule has 18 heavy (non-hydrogen) atoms. The van der Waals surface area contributed by atoms with Crippen LogP contribution in [0.3, 0.4) is 0 Å². The van der Waals surface area contributed by atoms with E-state index in [1.807, 2.05) is 0 Å². The largest absolute Gasteiger partial charge is 0.466 e. The summed E-state index contributed by atoms with van der Waals surface area (Å²) in [4.78, 5) is 10.9. The molecule has 0 aliphatic heterocycles. The molecule has 0 radical (unpaired) electrons. The molecule has 1 rings (SSSR count). The van der Waals surface area contributed by atoms with Gasteiger partial charge in [-0.3, -0.25) is 0 Å². The predicted octanol–water partition coefficient (Wildman–Crippen LogP) is 3.37. The third kappa shape index (κ3) is 4.29. The van der Waals surface area contributed by atoms with Crippen LogP contribution in [0.5, 0.6) is 0 Å². The molecule has 1 N–H and O–H groups in total. The number of nitrogens with one attached hydrogen (secondary N) is 1. The number of methoxy groups -OCH3 is 1. The second kappa shape index (κ2) is 5.77. The van der Waals surface area contributed by atoms with Crippen molar-refractivity contribution in [2.24, 2.45) is 0 Å². The Morgan fingerprint density at radius 2 is 1.89 bits per heavy atom. The highest BCUT2D eigenvalue weighted by atomic mass is 35.5. The van der Waals surface area contributed by atoms with Crippen LogP contribution >= 0.6 is 11.6 Å². The summed E-state index contributed by atoms with van der Waals surface area (Å²) in [5, 5.41) is 2.48. The van der Waals surface area contributed by atoms with Crippen LogP contribution in [0.15, 0.2) is 36.0 Å². The molecule has 1 aromatic rings. The highest BCUT2D eigenvalue weighted by Gasteiger charge is 2.34. The van der Waals surface area contributed by atoms with Gasteiger partial charge in [0.15, 0.2) is 0 Å². The van der Waals surface area contributed by atoms with Crippen molar-refractivity contribution in [2.45, 2.75) is 6.18 Å². The van der Waals surface area contributed by atoms with Crippen molar-refractivity contribution in [1.29, 1.82) is 0 Å². The third-order valence-corrected chi connectivity index (χ3v) is 2.14. The molecule has 0 spiro atoms. The zero-order valence-corrected chi connectivity index (χ0v) is 9.97. The number of alkyl halides is 3. The van der Waals surface area contributed by atoms with E-state index >= 15 is 0 Å². The van der Waals surface area contributed by atoms with Gasteiger partial charge in [0.1, 0.15) is 5.70 Å². The first-order chi connectivity index (χ1) is 8.32. The fourth-order valence-electron chi connectivity index (χ4n) is 1.05. The van der Waals surface area contributed by atoms with Crippen molar-refractivity contribution < 1.29 is 22.7 Å². The minimum absolute atomic E-state index is 0.159. The van der Waals surface area contributed by atoms with Gasteiger partial charge in [-0.1, -0.05) is 11.6 Å². The molecule has 0 amide bonds. The summed E-state index contributed by atoms with van der Waals surface area (Å²) in [5.41, 5.74) is -1.05. The SMILES string of the molecule is COC(=O)/C=C(/Nc1ccc(Cl)cc1)C(F)(F)F. The van der Waals surface area contributed by atoms with E-state index in [1.165, 1.54) is 24.3 Å². The summed E-state index contributed by atoms with van der Waals surface area (Å²) < 4.78 is 42.0. The number of allylic oxidation sites excluding steroid dienone is 1. The van der Waals surface area contributed by atoms with E-state index in [0.717, 1.165) is 7.11 Å². The number of halogens is 4. The number of esters is 1. The molecule has 98 valence electrons. The molecule has 0 aromatic heterocycles. The first-order valence-corrected chi connectivity index (χ1v) is 5.10. The molecule has 0 unspecified atom stereocenters. The van der Waals surface area contributed by atoms with Gasteiger partial charge in [-0.2, -0.15) is 13.2 Å². The molecule has 0 saturated heterocycles. The van der Waals surface area contributed by atoms with Gasteiger partial charge >= 0.3 is 12.1 Å². The quantitative estimate of drug-likeness (QED) is 0.681. The summed E-state index contributed by atoms with van der Waals surface area (Å²) in [7, 11) is 0.995. The van der Waals surface area contributed by atoms with Crippen molar-refractivity contribution in [2.75, 3.05) is 12.4 Å². The fourth-order valence-corrected chi connectivity index (χ4v) is 1.18. The smallest absolute Gasteiger partial charge is 0.431 e. The fraction of sp³-hybridized carbons (Fsp3) is 0.182. The highest BCUT2D eigenvalue weighted by Crippen LogP contribution is 2.27. The van der Waals surface area contributed by atoms with Gasteiger partial charge in [-0.05, 0) is 24.3 Å². The first-order valence-electron chi connectivity index (χ1n) is 4.72. The summed E-state index contributed by atoms with van der Waals surface area (Å²) in [6, 6.07) is 5.57. The molecule has 0 saturated carbocycles. The summed E-state index contributed by atoms with van der Waals surface area (Å²) >= 11 is 5.61. The van der Waals surface area contributed by atoms with E-state index in [2.05, 4.69) is 10.1 Å². The second-order valence-corrected chi connectivity index (χ2v) is 3.65. The zero-order valence-electron chi connectivity index (χ0n) is 9.22. The molecular weight excluding hydrogens is 271 g/mol. The average Bonchev–Trinajstić information content (AvgIpc) is 2.29. The van der Waals surface area contributed by atoms with Crippen LogP contribution in [0, 0.1) is 0 Å². The van der Waals surface area contributed by atoms with Gasteiger partial charge in [-0.25, -0.2) is 4.79 Å². The number of carbonyl (C=O) groups excluding carboxylic acids is 1. The van der Waals surface area contributed by atoms with E-state index < -0.39 is 17.8 Å². The van der Waals surface area contributed by atoms with Gasteiger partial charge in [0.2, 0.25) is 0 Å². The second-order valence-electron chi connectivity index (χ2n) is 3.21. The van der Waals surface area contributed by atoms with E-state index in [4.69, 9.17) is 11.6 Å². The molecule has 0 bridgehead atoms. The lowest BCUT2D eigenvalue weighted by atomic mass is 10.3. The van der Waals surface area contributed by atoms with Crippen molar-refractivity contribution >= 4 is 23.3 Å². The Hall–Kier alpha value is -1.69. The van der Waals surface area contributed by atoms with Gasteiger partial charge < -0.3 is 10.1 Å². The monoisotopic (exact) mass is 279 g/mol. The normalized spacial score (nSPS) is 12.2. The average molecular weight is 280 g/mol. The van der Waals surface area contributed by atoms with Crippen molar-refractivity contribution in [3.8, 4) is 0 Å². The lowest BCUT2D eigenvalue weighted by Crippen LogP contribution is -2.20. The molecule has 0 heterocycles. The van der Waals surface area contributed by atoms with Gasteiger partial charge in [0.05, 0.1) is 13.2 Å². The summed E-state index contributed by atoms with van der Waals surface area (Å²) in [6.07, 6.45) is -4.34. The van der Waals surface area contributed by atoms with Crippen LogP contribution in [-0.4, -0.2) is 19.3 Å². The minimum Gasteiger partial charge on any atom is -0.466 e. The molecule has 0 atom stereocenters. The molecule has 7 heteroatoms. The minimum atomic E-state index is -4.69. The Labute approximate surface area is 106 Å². The van der Waals surface area contributed by atoms with Gasteiger partial charge in [-0.15, -0.1) is 0 Å². The first kappa shape index (κ1) is 14.4. The van der Waals surface area contributed by atoms with Crippen LogP contribution in [0.2, 0.25) is 5.02 Å². The number of hydrogen-bond acceptors (Lipinski definition) is 3. The Morgan fingerprint density at radius 3 is 2.33 bits per heavy atom. The number of carbonyl (C=O) groups is 1. The van der Waals surface area contributed by atoms with Gasteiger partial charge in [0.25, 0.3) is 0 Å². The number of rotatable bonds is 3. The lowest BCUT2D eigenvalue weighted by molar-refractivity contribution is -0.135. The van der Waals surface area contributed by atoms with Crippen LogP contribution in [-0.2, 0) is 9.53 Å². The Morgan fingerprint density at radius 1 is 1.33 bits per heavy atom. The molecule has 3 nitrogen and oxygen atoms in total. The predicted molar refractivity (Wildman–Crippen MR) is 61.2 cm³/mol. The Bertz CT molecular complexity index is 454. The topological polar surface area (TPSA) is 38.3 Å². The number of benzene rings is 1. The summed E-state index contributed by atoms with van der Waals surface area (Å²) in [6.45, 7) is 0. The van der Waals surface area contributed by atoms with Crippen molar-refractivity contribution in [1.82, 2.24) is 0 Å². The van der Waals surface area contributed by atoms with Gasteiger partial charge in [0, 0.05) is 10.7 Å². The third-order valence-electron chi connectivity index (χ3n) is 1.89. The Balaban J connectivity index is 2.96. The van der Waals surface area contributed by atoms with E-state index in [9.17, 15) is 18.0 Å². The molecule has 0 aliphatic carbocycles. The molecular formula is C11H9ClF3NO2. The van der Waals surface area contributed by atoms with E-state index in [1.54, 1.807) is 0 Å². The maximum atomic E-state index is 12.6. The molecule has 1 aromatic carbocycles. The van der Waals surface area contributed by atoms with Crippen LogP contribution in [0.25, 0.3) is 0 Å². The van der Waals surface area contributed by atoms with Crippen molar-refractivity contribution in [3.05, 3.63) is 41.1 Å². The standard InChI is InChI=1S/C11H9ClF3NO2/c1-18-10(17)6-9(11(13,14)15)16-8-4-2-7(12)3-5-8/h2-6,16H,1H3/b9-6+. The highest BCUT2D eigenvalue weighted by molar-refractivity contribution is 6.30. The van der Waals surface area contributed by atoms with Crippen LogP contribution < -0.4 is 5.32 Å². The molecule has 0 fully saturated rings. The lowest BCUT2D eigenvalue weighted by Gasteiger charge is -2.13. The van der Waals surface area contributed by atoms with Crippen LogP contribution in [0.4, 0.5) is 18.9 Å². The zero-order chi connectivity index (χ0) is 13.8. The number of anilines is 1. The maximum absolute atomic E-state index is 12.6. The van der Waals surface area contributed by atoms with Crippen LogP contribution in [0.1, 0.15) is 0 Å². The Kier molecular flexibility index (Phi) is 4.61. The number of hydrogen-bond donors (Lipinski definition) is 1. The molecule has 0 aliphatic rings. The van der Waals surface area contributed by atoms with Crippen molar-refractivity contribution in [3.63, 3.8) is 0 Å².